The highest BCUT2D eigenvalue weighted by molar-refractivity contribution is 5.94. The minimum atomic E-state index is -0.136. The number of aliphatic hydroxyl groups is 1. The molecule has 0 saturated carbocycles. The standard InChI is InChI=1S/C17H20N2O3/c1-2-19(10-11-20)17(21)15-8-9-18-16(12-15)22-13-14-6-4-3-5-7-14/h3-9,12,20H,2,10-11,13H2,1H3. The highest BCUT2D eigenvalue weighted by atomic mass is 16.5. The van der Waals surface area contributed by atoms with Crippen LogP contribution in [-0.2, 0) is 6.61 Å². The number of likely N-dealkylation sites (N-methyl/N-ethyl adjacent to an activating group) is 1. The van der Waals surface area contributed by atoms with Gasteiger partial charge in [0.1, 0.15) is 6.61 Å². The van der Waals surface area contributed by atoms with Crippen LogP contribution in [0.4, 0.5) is 0 Å². The SMILES string of the molecule is CCN(CCO)C(=O)c1ccnc(OCc2ccccc2)c1. The molecule has 116 valence electrons. The summed E-state index contributed by atoms with van der Waals surface area (Å²) in [6.45, 7) is 3.09. The first-order chi connectivity index (χ1) is 10.7. The average molecular weight is 300 g/mol. The van der Waals surface area contributed by atoms with Crippen molar-refractivity contribution in [3.63, 3.8) is 0 Å². The molecule has 0 fully saturated rings. The zero-order chi connectivity index (χ0) is 15.8. The van der Waals surface area contributed by atoms with Gasteiger partial charge in [-0.2, -0.15) is 0 Å². The molecule has 22 heavy (non-hydrogen) atoms. The maximum absolute atomic E-state index is 12.3. The number of nitrogens with zero attached hydrogens (tertiary/aromatic N) is 2. The van der Waals surface area contributed by atoms with Crippen LogP contribution in [0, 0.1) is 0 Å². The van der Waals surface area contributed by atoms with Gasteiger partial charge in [-0.25, -0.2) is 4.98 Å². The number of hydrogen-bond acceptors (Lipinski definition) is 4. The Labute approximate surface area is 130 Å². The maximum Gasteiger partial charge on any atom is 0.254 e. The molecule has 5 heteroatoms. The van der Waals surface area contributed by atoms with Crippen LogP contribution in [0.3, 0.4) is 0 Å². The minimum absolute atomic E-state index is 0.0535. The number of aromatic nitrogens is 1. The van der Waals surface area contributed by atoms with Crippen LogP contribution in [0.25, 0.3) is 0 Å². The molecule has 1 aromatic carbocycles. The molecule has 0 spiro atoms. The summed E-state index contributed by atoms with van der Waals surface area (Å²) < 4.78 is 5.62. The number of aliphatic hydroxyl groups excluding tert-OH is 1. The zero-order valence-corrected chi connectivity index (χ0v) is 12.6. The molecule has 0 aliphatic carbocycles. The van der Waals surface area contributed by atoms with Gasteiger partial charge in [0, 0.05) is 30.9 Å². The minimum Gasteiger partial charge on any atom is -0.473 e. The zero-order valence-electron chi connectivity index (χ0n) is 12.6. The summed E-state index contributed by atoms with van der Waals surface area (Å²) in [4.78, 5) is 18.0. The van der Waals surface area contributed by atoms with Crippen molar-refractivity contribution in [2.24, 2.45) is 0 Å². The van der Waals surface area contributed by atoms with E-state index >= 15 is 0 Å². The van der Waals surface area contributed by atoms with Crippen molar-refractivity contribution >= 4 is 5.91 Å². The van der Waals surface area contributed by atoms with Crippen LogP contribution in [0.5, 0.6) is 5.88 Å². The van der Waals surface area contributed by atoms with Gasteiger partial charge in [0.25, 0.3) is 5.91 Å². The first-order valence-corrected chi connectivity index (χ1v) is 7.27. The Balaban J connectivity index is 2.04. The number of rotatable bonds is 7. The Morgan fingerprint density at radius 1 is 1.27 bits per heavy atom. The van der Waals surface area contributed by atoms with Gasteiger partial charge in [-0.15, -0.1) is 0 Å². The molecule has 0 bridgehead atoms. The predicted octanol–water partition coefficient (Wildman–Crippen LogP) is 2.11. The fourth-order valence-corrected chi connectivity index (χ4v) is 2.06. The molecule has 1 amide bonds. The number of benzene rings is 1. The van der Waals surface area contributed by atoms with Gasteiger partial charge in [-0.1, -0.05) is 30.3 Å². The Morgan fingerprint density at radius 2 is 2.05 bits per heavy atom. The fourth-order valence-electron chi connectivity index (χ4n) is 2.06. The van der Waals surface area contributed by atoms with E-state index in [1.807, 2.05) is 37.3 Å². The Kier molecular flexibility index (Phi) is 5.91. The maximum atomic E-state index is 12.3. The van der Waals surface area contributed by atoms with E-state index in [2.05, 4.69) is 4.98 Å². The van der Waals surface area contributed by atoms with Gasteiger partial charge in [0.15, 0.2) is 0 Å². The lowest BCUT2D eigenvalue weighted by molar-refractivity contribution is 0.0731. The second-order valence-electron chi connectivity index (χ2n) is 4.77. The molecule has 1 aromatic heterocycles. The molecule has 2 rings (SSSR count). The molecule has 0 unspecified atom stereocenters. The molecule has 0 saturated heterocycles. The smallest absolute Gasteiger partial charge is 0.254 e. The Morgan fingerprint density at radius 3 is 2.73 bits per heavy atom. The van der Waals surface area contributed by atoms with Gasteiger partial charge in [0.2, 0.25) is 5.88 Å². The molecule has 2 aromatic rings. The summed E-state index contributed by atoms with van der Waals surface area (Å²) in [5.41, 5.74) is 1.55. The topological polar surface area (TPSA) is 62.7 Å². The van der Waals surface area contributed by atoms with Crippen LogP contribution in [0.15, 0.2) is 48.7 Å². The van der Waals surface area contributed by atoms with Crippen molar-refractivity contribution in [2.75, 3.05) is 19.7 Å². The Bertz CT molecular complexity index is 602. The summed E-state index contributed by atoms with van der Waals surface area (Å²) in [5.74, 6) is 0.276. The third kappa shape index (κ3) is 4.30. The van der Waals surface area contributed by atoms with Gasteiger partial charge in [-0.3, -0.25) is 4.79 Å². The highest BCUT2D eigenvalue weighted by Gasteiger charge is 2.14. The van der Waals surface area contributed by atoms with Crippen LogP contribution in [0.2, 0.25) is 0 Å². The Hall–Kier alpha value is -2.40. The van der Waals surface area contributed by atoms with Crippen molar-refractivity contribution in [2.45, 2.75) is 13.5 Å². The number of amides is 1. The molecular weight excluding hydrogens is 280 g/mol. The van der Waals surface area contributed by atoms with Gasteiger partial charge in [0.05, 0.1) is 6.61 Å². The molecule has 5 nitrogen and oxygen atoms in total. The third-order valence-electron chi connectivity index (χ3n) is 3.25. The van der Waals surface area contributed by atoms with E-state index in [1.165, 1.54) is 0 Å². The monoisotopic (exact) mass is 300 g/mol. The second-order valence-corrected chi connectivity index (χ2v) is 4.77. The lowest BCUT2D eigenvalue weighted by Crippen LogP contribution is -2.33. The molecule has 1 heterocycles. The molecule has 0 aliphatic rings. The van der Waals surface area contributed by atoms with E-state index < -0.39 is 0 Å². The number of carbonyl (C=O) groups is 1. The second kappa shape index (κ2) is 8.14. The summed E-state index contributed by atoms with van der Waals surface area (Å²) >= 11 is 0. The summed E-state index contributed by atoms with van der Waals surface area (Å²) in [5, 5.41) is 9.00. The molecule has 0 atom stereocenters. The van der Waals surface area contributed by atoms with Crippen molar-refractivity contribution in [1.29, 1.82) is 0 Å². The van der Waals surface area contributed by atoms with Crippen LogP contribution >= 0.6 is 0 Å². The van der Waals surface area contributed by atoms with E-state index in [-0.39, 0.29) is 12.5 Å². The number of carbonyl (C=O) groups excluding carboxylic acids is 1. The van der Waals surface area contributed by atoms with Crippen molar-refractivity contribution in [3.8, 4) is 5.88 Å². The fraction of sp³-hybridized carbons (Fsp3) is 0.294. The van der Waals surface area contributed by atoms with Crippen molar-refractivity contribution in [3.05, 3.63) is 59.8 Å². The van der Waals surface area contributed by atoms with Gasteiger partial charge < -0.3 is 14.7 Å². The summed E-state index contributed by atoms with van der Waals surface area (Å²) in [6.07, 6.45) is 1.56. The molecule has 1 N–H and O–H groups in total. The van der Waals surface area contributed by atoms with Gasteiger partial charge >= 0.3 is 0 Å². The van der Waals surface area contributed by atoms with E-state index in [0.29, 0.717) is 31.1 Å². The van der Waals surface area contributed by atoms with Crippen molar-refractivity contribution < 1.29 is 14.6 Å². The third-order valence-corrected chi connectivity index (χ3v) is 3.25. The molecule has 0 aliphatic heterocycles. The lowest BCUT2D eigenvalue weighted by Gasteiger charge is -2.19. The number of ether oxygens (including phenoxy) is 1. The van der Waals surface area contributed by atoms with Crippen LogP contribution < -0.4 is 4.74 Å². The summed E-state index contributed by atoms with van der Waals surface area (Å²) in [7, 11) is 0. The van der Waals surface area contributed by atoms with Crippen LogP contribution in [0.1, 0.15) is 22.8 Å². The van der Waals surface area contributed by atoms with Crippen LogP contribution in [-0.4, -0.2) is 40.6 Å². The predicted molar refractivity (Wildman–Crippen MR) is 83.7 cm³/mol. The number of hydrogen-bond donors (Lipinski definition) is 1. The van der Waals surface area contributed by atoms with E-state index in [4.69, 9.17) is 9.84 Å². The molecule has 0 radical (unpaired) electrons. The average Bonchev–Trinajstić information content (AvgIpc) is 2.58. The first-order valence-electron chi connectivity index (χ1n) is 7.27. The van der Waals surface area contributed by atoms with E-state index in [0.717, 1.165) is 5.56 Å². The van der Waals surface area contributed by atoms with E-state index in [1.54, 1.807) is 23.2 Å². The van der Waals surface area contributed by atoms with Gasteiger partial charge in [-0.05, 0) is 18.6 Å². The highest BCUT2D eigenvalue weighted by Crippen LogP contribution is 2.13. The largest absolute Gasteiger partial charge is 0.473 e. The normalized spacial score (nSPS) is 10.3. The first kappa shape index (κ1) is 16.0. The van der Waals surface area contributed by atoms with E-state index in [9.17, 15) is 4.79 Å². The quantitative estimate of drug-likeness (QED) is 0.850. The number of pyridine rings is 1. The van der Waals surface area contributed by atoms with Crippen molar-refractivity contribution in [1.82, 2.24) is 9.88 Å². The molecular formula is C17H20N2O3. The summed E-state index contributed by atoms with van der Waals surface area (Å²) in [6, 6.07) is 13.1. The lowest BCUT2D eigenvalue weighted by atomic mass is 10.2.